The summed E-state index contributed by atoms with van der Waals surface area (Å²) in [6.45, 7) is 5.33. The molecule has 66 heavy (non-hydrogen) atoms. The Bertz CT molecular complexity index is 2370. The molecule has 1 aliphatic carbocycles. The predicted molar refractivity (Wildman–Crippen MR) is 237 cm³/mol. The summed E-state index contributed by atoms with van der Waals surface area (Å²) in [5, 5.41) is 12.2. The zero-order chi connectivity index (χ0) is 48.3. The Morgan fingerprint density at radius 1 is 0.773 bits per heavy atom. The lowest BCUT2D eigenvalue weighted by Crippen LogP contribution is -2.48. The van der Waals surface area contributed by atoms with Crippen LogP contribution in [0.4, 0.5) is 11.4 Å². The number of nitrogens with one attached hydrogen (secondary N) is 2. The van der Waals surface area contributed by atoms with Crippen LogP contribution in [0.25, 0.3) is 33.4 Å². The molecule has 1 heterocycles. The topological polar surface area (TPSA) is 266 Å². The lowest BCUT2D eigenvalue weighted by Gasteiger charge is -2.28. The number of esters is 6. The van der Waals surface area contributed by atoms with Crippen LogP contribution in [0.2, 0.25) is 0 Å². The molecule has 20 heteroatoms. The molecule has 0 fully saturated rings. The van der Waals surface area contributed by atoms with Crippen LogP contribution in [0.15, 0.2) is 52.9 Å². The first-order chi connectivity index (χ1) is 31.5. The van der Waals surface area contributed by atoms with Crippen LogP contribution in [0.3, 0.4) is 0 Å². The molecule has 0 radical (unpaired) electrons. The third kappa shape index (κ3) is 15.5. The SMILES string of the molecule is CCN(CCCC(=O)NCCCCC(C(=O)OCOC(C)=O)N(CC(=O)OCOC(C)=O)CC(=O)OCOC(C)=O)c1cc(OC)c(-c2c3ccc(=N)cc-3oc3cc(N)ccc23)cc1C. The number of nitrogen functional groups attached to an aromatic ring is 1. The zero-order valence-corrected chi connectivity index (χ0v) is 38.0. The van der Waals surface area contributed by atoms with Crippen molar-refractivity contribution in [2.24, 2.45) is 0 Å². The number of ether oxygens (including phenoxy) is 7. The van der Waals surface area contributed by atoms with Crippen molar-refractivity contribution >= 4 is 64.1 Å². The van der Waals surface area contributed by atoms with Gasteiger partial charge in [0.25, 0.3) is 0 Å². The molecule has 0 aromatic heterocycles. The van der Waals surface area contributed by atoms with Gasteiger partial charge in [-0.2, -0.15) is 0 Å². The maximum absolute atomic E-state index is 13.3. The molecule has 0 saturated heterocycles. The number of unbranched alkanes of at least 4 members (excludes halogenated alkanes) is 1. The van der Waals surface area contributed by atoms with E-state index in [9.17, 15) is 33.6 Å². The van der Waals surface area contributed by atoms with Crippen molar-refractivity contribution in [3.8, 4) is 28.2 Å². The number of carbonyl (C=O) groups is 7. The lowest BCUT2D eigenvalue weighted by molar-refractivity contribution is -0.172. The fourth-order valence-corrected chi connectivity index (χ4v) is 7.01. The van der Waals surface area contributed by atoms with Crippen molar-refractivity contribution in [1.82, 2.24) is 10.2 Å². The minimum atomic E-state index is -1.28. The van der Waals surface area contributed by atoms with Gasteiger partial charge in [0.2, 0.25) is 26.3 Å². The number of nitrogens with zero attached hydrogens (tertiary/aromatic N) is 2. The Morgan fingerprint density at radius 2 is 1.41 bits per heavy atom. The van der Waals surface area contributed by atoms with Gasteiger partial charge in [0, 0.05) is 98.5 Å². The van der Waals surface area contributed by atoms with Gasteiger partial charge >= 0.3 is 35.8 Å². The summed E-state index contributed by atoms with van der Waals surface area (Å²) < 4.78 is 41.1. The number of carbonyl (C=O) groups excluding carboxylic acids is 7. The van der Waals surface area contributed by atoms with Gasteiger partial charge in [0.15, 0.2) is 0 Å². The van der Waals surface area contributed by atoms with E-state index in [4.69, 9.17) is 39.2 Å². The molecular weight excluding hydrogens is 863 g/mol. The Morgan fingerprint density at radius 3 is 2.02 bits per heavy atom. The fourth-order valence-electron chi connectivity index (χ4n) is 7.01. The molecule has 1 atom stereocenters. The Labute approximate surface area is 381 Å². The fraction of sp³-hybridized carbons (Fsp3) is 0.435. The van der Waals surface area contributed by atoms with Gasteiger partial charge in [-0.1, -0.05) is 0 Å². The molecule has 4 rings (SSSR count). The van der Waals surface area contributed by atoms with Gasteiger partial charge in [0.1, 0.15) is 23.1 Å². The second kappa shape index (κ2) is 25.3. The van der Waals surface area contributed by atoms with E-state index in [0.29, 0.717) is 60.5 Å². The number of rotatable bonds is 25. The molecule has 1 amide bonds. The summed E-state index contributed by atoms with van der Waals surface area (Å²) in [5.41, 5.74) is 11.7. The van der Waals surface area contributed by atoms with E-state index in [1.54, 1.807) is 25.3 Å². The van der Waals surface area contributed by atoms with E-state index < -0.39 is 75.3 Å². The summed E-state index contributed by atoms with van der Waals surface area (Å²) in [5.74, 6) is -4.04. The van der Waals surface area contributed by atoms with Crippen LogP contribution in [0.1, 0.15) is 65.4 Å². The highest BCUT2D eigenvalue weighted by Crippen LogP contribution is 2.45. The molecule has 2 aromatic carbocycles. The van der Waals surface area contributed by atoms with Crippen LogP contribution >= 0.6 is 0 Å². The number of hydrogen-bond acceptors (Lipinski definition) is 19. The minimum Gasteiger partial charge on any atom is -0.496 e. The van der Waals surface area contributed by atoms with Crippen molar-refractivity contribution in [3.05, 3.63) is 59.5 Å². The van der Waals surface area contributed by atoms with Crippen molar-refractivity contribution in [1.29, 1.82) is 5.41 Å². The molecule has 20 nitrogen and oxygen atoms in total. The number of fused-ring (bicyclic) bond motifs is 2. The summed E-state index contributed by atoms with van der Waals surface area (Å²) >= 11 is 0. The van der Waals surface area contributed by atoms with Gasteiger partial charge in [-0.25, -0.2) is 0 Å². The number of amides is 1. The third-order valence-electron chi connectivity index (χ3n) is 10.1. The van der Waals surface area contributed by atoms with Crippen LogP contribution in [0, 0.1) is 12.3 Å². The van der Waals surface area contributed by atoms with Gasteiger partial charge in [0.05, 0.1) is 25.6 Å². The summed E-state index contributed by atoms with van der Waals surface area (Å²) in [6, 6.07) is 13.5. The van der Waals surface area contributed by atoms with E-state index in [-0.39, 0.29) is 25.3 Å². The first-order valence-electron chi connectivity index (χ1n) is 21.1. The van der Waals surface area contributed by atoms with Crippen LogP contribution in [-0.2, 0) is 62.0 Å². The van der Waals surface area contributed by atoms with E-state index in [0.717, 1.165) is 59.0 Å². The average Bonchev–Trinajstić information content (AvgIpc) is 3.25. The summed E-state index contributed by atoms with van der Waals surface area (Å²) in [6.07, 6.45) is 1.43. The van der Waals surface area contributed by atoms with Crippen molar-refractivity contribution in [2.75, 3.05) is 70.8 Å². The molecule has 2 aromatic rings. The Balaban J connectivity index is 1.39. The average molecular weight is 920 g/mol. The molecular formula is C46H57N5O15. The van der Waals surface area contributed by atoms with Gasteiger partial charge in [-0.15, -0.1) is 0 Å². The molecule has 1 aliphatic heterocycles. The molecule has 0 spiro atoms. The molecule has 0 saturated carbocycles. The Kier molecular flexibility index (Phi) is 19.7. The molecule has 4 N–H and O–H groups in total. The van der Waals surface area contributed by atoms with E-state index in [2.05, 4.69) is 25.8 Å². The molecule has 356 valence electrons. The maximum Gasteiger partial charge on any atom is 0.326 e. The summed E-state index contributed by atoms with van der Waals surface area (Å²) in [7, 11) is 1.61. The van der Waals surface area contributed by atoms with Crippen LogP contribution < -0.4 is 26.0 Å². The first-order valence-corrected chi connectivity index (χ1v) is 21.1. The van der Waals surface area contributed by atoms with Gasteiger partial charge in [-0.05, 0) is 75.4 Å². The van der Waals surface area contributed by atoms with Crippen LogP contribution in [-0.4, -0.2) is 113 Å². The minimum absolute atomic E-state index is 0.00306. The quantitative estimate of drug-likeness (QED) is 0.0208. The molecule has 2 aliphatic rings. The standard InChI is InChI=1S/C46H57N5O15/c1-7-50(38-22-39(59-6)36(19-28(38)2)45-34-15-13-32(47)20-40(34)66-41-21-33(48)14-16-35(41)45)18-10-12-42(55)49-17-9-8-11-37(46(58)65-27-62-31(5)54)51(23-43(56)63-25-60-29(3)52)24-44(57)64-26-61-30(4)53/h13-16,19-22,37,47H,7-12,17-18,23-27,48H2,1-6H3,(H,49,55). The van der Waals surface area contributed by atoms with Crippen molar-refractivity contribution < 1.29 is 71.1 Å². The van der Waals surface area contributed by atoms with E-state index in [1.165, 1.54) is 0 Å². The lowest BCUT2D eigenvalue weighted by atomic mass is 9.91. The summed E-state index contributed by atoms with van der Waals surface area (Å²) in [4.78, 5) is 88.4. The van der Waals surface area contributed by atoms with Gasteiger partial charge in [-0.3, -0.25) is 38.5 Å². The zero-order valence-electron chi connectivity index (χ0n) is 38.0. The number of methoxy groups -OCH3 is 1. The highest BCUT2D eigenvalue weighted by atomic mass is 16.7. The number of benzene rings is 3. The maximum atomic E-state index is 13.3. The molecule has 1 unspecified atom stereocenters. The second-order valence-electron chi connectivity index (χ2n) is 15.0. The largest absolute Gasteiger partial charge is 0.496 e. The van der Waals surface area contributed by atoms with E-state index in [1.807, 2.05) is 38.1 Å². The molecule has 0 bridgehead atoms. The van der Waals surface area contributed by atoms with E-state index >= 15 is 0 Å². The predicted octanol–water partition coefficient (Wildman–Crippen LogP) is 4.34. The van der Waals surface area contributed by atoms with Crippen molar-refractivity contribution in [3.63, 3.8) is 0 Å². The second-order valence-corrected chi connectivity index (χ2v) is 15.0. The van der Waals surface area contributed by atoms with Crippen molar-refractivity contribution in [2.45, 2.75) is 72.8 Å². The smallest absolute Gasteiger partial charge is 0.326 e. The normalized spacial score (nSPS) is 11.4. The third-order valence-corrected chi connectivity index (χ3v) is 10.1. The number of nitrogens with two attached hydrogens (primary N) is 1. The Hall–Kier alpha value is -7.22. The monoisotopic (exact) mass is 919 g/mol. The van der Waals surface area contributed by atoms with Gasteiger partial charge < -0.3 is 58.9 Å². The highest BCUT2D eigenvalue weighted by molar-refractivity contribution is 6.04. The number of hydrogen-bond donors (Lipinski definition) is 3. The van der Waals surface area contributed by atoms with Crippen LogP contribution in [0.5, 0.6) is 5.75 Å². The first kappa shape index (κ1) is 51.4. The number of aryl methyl sites for hydroxylation is 1. The highest BCUT2D eigenvalue weighted by Gasteiger charge is 2.32. The number of anilines is 2.